The molecule has 3 aromatic rings. The van der Waals surface area contributed by atoms with Gasteiger partial charge in [0.05, 0.1) is 13.2 Å². The monoisotopic (exact) mass is 302 g/mol. The number of aliphatic hydroxyl groups excluding tert-OH is 1. The summed E-state index contributed by atoms with van der Waals surface area (Å²) >= 11 is 1.57. The van der Waals surface area contributed by atoms with Crippen LogP contribution in [0, 0.1) is 5.82 Å². The lowest BCUT2D eigenvalue weighted by Gasteiger charge is -2.09. The maximum Gasteiger partial charge on any atom is 0.165 e. The summed E-state index contributed by atoms with van der Waals surface area (Å²) in [6.07, 6.45) is -0.247. The molecule has 1 heterocycles. The van der Waals surface area contributed by atoms with Crippen molar-refractivity contribution in [2.24, 2.45) is 0 Å². The van der Waals surface area contributed by atoms with Crippen molar-refractivity contribution in [1.29, 1.82) is 0 Å². The van der Waals surface area contributed by atoms with E-state index in [1.807, 2.05) is 30.3 Å². The molecule has 1 unspecified atom stereocenters. The minimum absolute atomic E-state index is 0.218. The van der Waals surface area contributed by atoms with Crippen LogP contribution >= 0.6 is 11.3 Å². The number of benzene rings is 2. The van der Waals surface area contributed by atoms with Gasteiger partial charge in [-0.15, -0.1) is 11.3 Å². The van der Waals surface area contributed by atoms with Crippen LogP contribution in [-0.2, 0) is 6.42 Å². The summed E-state index contributed by atoms with van der Waals surface area (Å²) in [5.41, 5.74) is 0.748. The number of fused-ring (bicyclic) bond motifs is 1. The standard InChI is InChI=1S/C17H15FO2S/c1-20-15-7-6-11(8-13(15)18)9-14(19)17-10-12-4-2-3-5-16(12)21-17/h2-8,10,14,19H,9H2,1H3. The Hall–Kier alpha value is -1.91. The highest BCUT2D eigenvalue weighted by Gasteiger charge is 2.13. The predicted molar refractivity (Wildman–Crippen MR) is 83.4 cm³/mol. The van der Waals surface area contributed by atoms with Gasteiger partial charge in [0.25, 0.3) is 0 Å². The van der Waals surface area contributed by atoms with Gasteiger partial charge in [-0.2, -0.15) is 0 Å². The number of aliphatic hydroxyl groups is 1. The molecule has 3 rings (SSSR count). The fourth-order valence-corrected chi connectivity index (χ4v) is 3.38. The van der Waals surface area contributed by atoms with Crippen LogP contribution in [0.3, 0.4) is 0 Å². The average Bonchev–Trinajstić information content (AvgIpc) is 2.91. The molecule has 2 aromatic carbocycles. The molecule has 0 saturated carbocycles. The first-order valence-corrected chi connectivity index (χ1v) is 7.48. The Morgan fingerprint density at radius 3 is 2.71 bits per heavy atom. The Kier molecular flexibility index (Phi) is 3.90. The van der Waals surface area contributed by atoms with Crippen LogP contribution < -0.4 is 4.74 Å². The zero-order valence-corrected chi connectivity index (χ0v) is 12.4. The average molecular weight is 302 g/mol. The molecule has 2 nitrogen and oxygen atoms in total. The molecule has 108 valence electrons. The van der Waals surface area contributed by atoms with E-state index in [4.69, 9.17) is 4.74 Å². The molecular weight excluding hydrogens is 287 g/mol. The number of halogens is 1. The first-order chi connectivity index (χ1) is 10.2. The molecular formula is C17H15FO2S. The van der Waals surface area contributed by atoms with E-state index in [0.717, 1.165) is 20.5 Å². The van der Waals surface area contributed by atoms with Gasteiger partial charge in [0.1, 0.15) is 0 Å². The van der Waals surface area contributed by atoms with Gasteiger partial charge < -0.3 is 9.84 Å². The molecule has 4 heteroatoms. The van der Waals surface area contributed by atoms with E-state index in [1.54, 1.807) is 23.5 Å². The summed E-state index contributed by atoms with van der Waals surface area (Å²) in [4.78, 5) is 0.896. The topological polar surface area (TPSA) is 29.5 Å². The van der Waals surface area contributed by atoms with Crippen molar-refractivity contribution < 1.29 is 14.2 Å². The van der Waals surface area contributed by atoms with E-state index >= 15 is 0 Å². The van der Waals surface area contributed by atoms with E-state index in [0.29, 0.717) is 6.42 Å². The van der Waals surface area contributed by atoms with Crippen LogP contribution in [0.1, 0.15) is 16.5 Å². The summed E-state index contributed by atoms with van der Waals surface area (Å²) < 4.78 is 19.7. The fraction of sp³-hybridized carbons (Fsp3) is 0.176. The van der Waals surface area contributed by atoms with Gasteiger partial charge >= 0.3 is 0 Å². The van der Waals surface area contributed by atoms with E-state index in [2.05, 4.69) is 0 Å². The van der Waals surface area contributed by atoms with E-state index in [-0.39, 0.29) is 5.75 Å². The molecule has 1 aromatic heterocycles. The number of methoxy groups -OCH3 is 1. The third kappa shape index (κ3) is 2.91. The lowest BCUT2D eigenvalue weighted by Crippen LogP contribution is -2.00. The van der Waals surface area contributed by atoms with Crippen molar-refractivity contribution in [3.8, 4) is 5.75 Å². The molecule has 0 radical (unpaired) electrons. The third-order valence-corrected chi connectivity index (χ3v) is 4.64. The number of ether oxygens (including phenoxy) is 1. The molecule has 0 spiro atoms. The molecule has 0 saturated heterocycles. The van der Waals surface area contributed by atoms with Gasteiger partial charge in [0.2, 0.25) is 0 Å². The number of hydrogen-bond donors (Lipinski definition) is 1. The van der Waals surface area contributed by atoms with Crippen LogP contribution in [0.2, 0.25) is 0 Å². The second-order valence-electron chi connectivity index (χ2n) is 4.88. The molecule has 0 bridgehead atoms. The van der Waals surface area contributed by atoms with Crippen LogP contribution in [0.25, 0.3) is 10.1 Å². The quantitative estimate of drug-likeness (QED) is 0.777. The van der Waals surface area contributed by atoms with Crippen molar-refractivity contribution in [1.82, 2.24) is 0 Å². The normalized spacial score (nSPS) is 12.5. The third-order valence-electron chi connectivity index (χ3n) is 3.42. The molecule has 0 aliphatic heterocycles. The molecule has 21 heavy (non-hydrogen) atoms. The SMILES string of the molecule is COc1ccc(CC(O)c2cc3ccccc3s2)cc1F. The van der Waals surface area contributed by atoms with Crippen LogP contribution in [-0.4, -0.2) is 12.2 Å². The number of rotatable bonds is 4. The van der Waals surface area contributed by atoms with Gasteiger partial charge in [-0.3, -0.25) is 0 Å². The van der Waals surface area contributed by atoms with Crippen molar-refractivity contribution >= 4 is 21.4 Å². The predicted octanol–water partition coefficient (Wildman–Crippen LogP) is 4.33. The summed E-state index contributed by atoms with van der Waals surface area (Å²) in [6.45, 7) is 0. The minimum atomic E-state index is -0.629. The van der Waals surface area contributed by atoms with Crippen LogP contribution in [0.5, 0.6) is 5.75 Å². The van der Waals surface area contributed by atoms with Gasteiger partial charge in [-0.1, -0.05) is 24.3 Å². The van der Waals surface area contributed by atoms with E-state index in [9.17, 15) is 9.50 Å². The molecule has 1 atom stereocenters. The van der Waals surface area contributed by atoms with Gasteiger partial charge in [-0.25, -0.2) is 4.39 Å². The van der Waals surface area contributed by atoms with Gasteiger partial charge in [0, 0.05) is 16.0 Å². The summed E-state index contributed by atoms with van der Waals surface area (Å²) in [5.74, 6) is -0.186. The van der Waals surface area contributed by atoms with Crippen molar-refractivity contribution in [3.05, 3.63) is 64.8 Å². The Labute approximate surface area is 126 Å². The Morgan fingerprint density at radius 1 is 1.19 bits per heavy atom. The molecule has 0 aliphatic rings. The first-order valence-electron chi connectivity index (χ1n) is 6.66. The largest absolute Gasteiger partial charge is 0.494 e. The van der Waals surface area contributed by atoms with Gasteiger partial charge in [-0.05, 0) is 35.2 Å². The highest BCUT2D eigenvalue weighted by atomic mass is 32.1. The fourth-order valence-electron chi connectivity index (χ4n) is 2.33. The molecule has 1 N–H and O–H groups in total. The Bertz CT molecular complexity index is 733. The molecule has 0 amide bonds. The van der Waals surface area contributed by atoms with E-state index in [1.165, 1.54) is 13.2 Å². The van der Waals surface area contributed by atoms with Crippen LogP contribution in [0.4, 0.5) is 4.39 Å². The minimum Gasteiger partial charge on any atom is -0.494 e. The zero-order chi connectivity index (χ0) is 14.8. The number of hydrogen-bond acceptors (Lipinski definition) is 3. The maximum absolute atomic E-state index is 13.7. The summed E-state index contributed by atoms with van der Waals surface area (Å²) in [7, 11) is 1.43. The lowest BCUT2D eigenvalue weighted by molar-refractivity contribution is 0.182. The molecule has 0 aliphatic carbocycles. The Morgan fingerprint density at radius 2 is 2.00 bits per heavy atom. The van der Waals surface area contributed by atoms with Gasteiger partial charge in [0.15, 0.2) is 11.6 Å². The molecule has 0 fully saturated rings. The van der Waals surface area contributed by atoms with Crippen molar-refractivity contribution in [2.75, 3.05) is 7.11 Å². The summed E-state index contributed by atoms with van der Waals surface area (Å²) in [6, 6.07) is 14.8. The highest BCUT2D eigenvalue weighted by molar-refractivity contribution is 7.19. The zero-order valence-electron chi connectivity index (χ0n) is 11.5. The first kappa shape index (κ1) is 14.0. The van der Waals surface area contributed by atoms with E-state index < -0.39 is 11.9 Å². The lowest BCUT2D eigenvalue weighted by atomic mass is 10.1. The van der Waals surface area contributed by atoms with Crippen molar-refractivity contribution in [2.45, 2.75) is 12.5 Å². The highest BCUT2D eigenvalue weighted by Crippen LogP contribution is 2.31. The smallest absolute Gasteiger partial charge is 0.165 e. The second-order valence-corrected chi connectivity index (χ2v) is 5.99. The summed E-state index contributed by atoms with van der Waals surface area (Å²) in [5, 5.41) is 11.5. The number of thiophene rings is 1. The van der Waals surface area contributed by atoms with Crippen LogP contribution in [0.15, 0.2) is 48.5 Å². The second kappa shape index (κ2) is 5.84. The van der Waals surface area contributed by atoms with Crippen molar-refractivity contribution in [3.63, 3.8) is 0 Å². The Balaban J connectivity index is 1.82. The maximum atomic E-state index is 13.7.